The average molecular weight is 642 g/mol. The summed E-state index contributed by atoms with van der Waals surface area (Å²) in [6, 6.07) is 7.10. The van der Waals surface area contributed by atoms with Gasteiger partial charge < -0.3 is 5.32 Å². The van der Waals surface area contributed by atoms with Gasteiger partial charge in [-0.2, -0.15) is 5.26 Å². The second kappa shape index (κ2) is 12.0. The Bertz CT molecular complexity index is 1800. The monoisotopic (exact) mass is 641 g/mol. The Morgan fingerprint density at radius 2 is 1.76 bits per heavy atom. The van der Waals surface area contributed by atoms with Gasteiger partial charge in [0.1, 0.15) is 33.4 Å². The topological polar surface area (TPSA) is 118 Å². The van der Waals surface area contributed by atoms with Crippen LogP contribution in [0.3, 0.4) is 0 Å². The summed E-state index contributed by atoms with van der Waals surface area (Å²) in [4.78, 5) is 22.9. The highest BCUT2D eigenvalue weighted by Gasteiger charge is 2.42. The van der Waals surface area contributed by atoms with Gasteiger partial charge in [-0.05, 0) is 63.4 Å². The van der Waals surface area contributed by atoms with E-state index in [1.54, 1.807) is 17.6 Å². The van der Waals surface area contributed by atoms with Crippen molar-refractivity contribution in [2.45, 2.75) is 95.1 Å². The minimum absolute atomic E-state index is 0.00592. The number of nitrogens with one attached hydrogen (secondary N) is 1. The third-order valence-corrected chi connectivity index (χ3v) is 11.9. The normalized spacial score (nSPS) is 26.2. The largest absolute Gasteiger partial charge is 0.363 e. The molecule has 7 rings (SSSR count). The Morgan fingerprint density at radius 3 is 2.49 bits per heavy atom. The smallest absolute Gasteiger partial charge is 0.276 e. The van der Waals surface area contributed by atoms with Gasteiger partial charge in [-0.15, -0.1) is 0 Å². The highest BCUT2D eigenvalue weighted by atomic mass is 32.2. The maximum absolute atomic E-state index is 15.8. The number of aromatic nitrogens is 3. The highest BCUT2D eigenvalue weighted by Crippen LogP contribution is 2.44. The number of sulfone groups is 1. The second-order valence-electron chi connectivity index (χ2n) is 13.2. The number of pyridine rings is 1. The lowest BCUT2D eigenvalue weighted by molar-refractivity contribution is -0.0288. The third kappa shape index (κ3) is 6.08. The number of nitrogens with zero attached hydrogens (tertiary/aromatic N) is 4. The summed E-state index contributed by atoms with van der Waals surface area (Å²) in [5.74, 6) is -3.71. The van der Waals surface area contributed by atoms with Gasteiger partial charge in [0.15, 0.2) is 0 Å². The third-order valence-electron chi connectivity index (χ3n) is 10.2. The number of rotatable bonds is 1. The standard InChI is InChI=1S/C33H38F3N5O3S/c1-21-24-7-5-8-26(28(24)34)33(35,36)10-9-23-16-22(17-23)6-3-2-4-13-41-30-25(29(40-21)38-20-39-30)18-27(31(41)42)32(19-37)11-14-45(43,44)15-12-32/h5,7-8,18,20-23H,2-4,6,9-17H2,1H3,(H,38,39,40)/t21-,22?,23?/m1/s1. The Labute approximate surface area is 261 Å². The van der Waals surface area contributed by atoms with Gasteiger partial charge in [0.05, 0.1) is 40.0 Å². The van der Waals surface area contributed by atoms with E-state index in [4.69, 9.17) is 0 Å². The van der Waals surface area contributed by atoms with Gasteiger partial charge in [0, 0.05) is 24.1 Å². The molecule has 1 aromatic carbocycles. The van der Waals surface area contributed by atoms with Crippen molar-refractivity contribution in [2.24, 2.45) is 11.8 Å². The van der Waals surface area contributed by atoms with E-state index >= 15 is 13.2 Å². The van der Waals surface area contributed by atoms with Gasteiger partial charge >= 0.3 is 0 Å². The lowest BCUT2D eigenvalue weighted by atomic mass is 9.70. The van der Waals surface area contributed by atoms with E-state index in [2.05, 4.69) is 21.4 Å². The molecule has 45 heavy (non-hydrogen) atoms. The van der Waals surface area contributed by atoms with Gasteiger partial charge in [-0.1, -0.05) is 37.5 Å². The summed E-state index contributed by atoms with van der Waals surface area (Å²) in [6.45, 7) is 2.00. The highest BCUT2D eigenvalue weighted by molar-refractivity contribution is 7.91. The lowest BCUT2D eigenvalue weighted by Crippen LogP contribution is -2.41. The number of fused-ring (bicyclic) bond motifs is 7. The van der Waals surface area contributed by atoms with Crippen molar-refractivity contribution < 1.29 is 21.6 Å². The van der Waals surface area contributed by atoms with Crippen molar-refractivity contribution in [3.8, 4) is 6.07 Å². The number of hydrogen-bond acceptors (Lipinski definition) is 7. The predicted octanol–water partition coefficient (Wildman–Crippen LogP) is 6.55. The fourth-order valence-corrected chi connectivity index (χ4v) is 8.89. The number of anilines is 1. The molecule has 240 valence electrons. The van der Waals surface area contributed by atoms with E-state index in [1.165, 1.54) is 18.5 Å². The van der Waals surface area contributed by atoms with Crippen LogP contribution in [0.15, 0.2) is 35.4 Å². The summed E-state index contributed by atoms with van der Waals surface area (Å²) >= 11 is 0. The number of halogens is 3. The number of benzene rings is 1. The Hall–Kier alpha value is -3.46. The molecule has 2 aromatic heterocycles. The van der Waals surface area contributed by atoms with Crippen molar-refractivity contribution in [1.29, 1.82) is 5.26 Å². The molecule has 1 aliphatic carbocycles. The van der Waals surface area contributed by atoms with E-state index in [-0.39, 0.29) is 52.8 Å². The van der Waals surface area contributed by atoms with Gasteiger partial charge in [-0.3, -0.25) is 9.36 Å². The molecule has 1 saturated carbocycles. The van der Waals surface area contributed by atoms with E-state index in [0.717, 1.165) is 38.2 Å². The fourth-order valence-electron chi connectivity index (χ4n) is 7.37. The van der Waals surface area contributed by atoms with E-state index in [0.29, 0.717) is 36.3 Å². The Kier molecular flexibility index (Phi) is 8.44. The van der Waals surface area contributed by atoms with Crippen LogP contribution in [0.5, 0.6) is 0 Å². The minimum atomic E-state index is -3.32. The maximum atomic E-state index is 15.8. The molecule has 1 atom stereocenters. The van der Waals surface area contributed by atoms with Crippen LogP contribution in [0.25, 0.3) is 11.0 Å². The van der Waals surface area contributed by atoms with Crippen LogP contribution in [-0.2, 0) is 27.7 Å². The molecule has 5 heterocycles. The first-order valence-corrected chi connectivity index (χ1v) is 17.7. The molecule has 3 aliphatic heterocycles. The SMILES string of the molecule is C[C@H]1Nc2ncnc3c2cc(C2(C#N)CCS(=O)(=O)CC2)c(=O)n3CCCCCC2CC(CCC(F)(F)c3cccc1c3F)C2. The zero-order chi connectivity index (χ0) is 32.0. The van der Waals surface area contributed by atoms with Gasteiger partial charge in [0.2, 0.25) is 0 Å². The molecule has 1 saturated heterocycles. The van der Waals surface area contributed by atoms with Crippen LogP contribution < -0.4 is 10.9 Å². The molecule has 2 fully saturated rings. The molecule has 1 N–H and O–H groups in total. The Morgan fingerprint density at radius 1 is 1.02 bits per heavy atom. The number of hydrogen-bond donors (Lipinski definition) is 1. The molecular formula is C33H38F3N5O3S. The van der Waals surface area contributed by atoms with Crippen LogP contribution in [-0.4, -0.2) is 34.5 Å². The molecule has 12 heteroatoms. The van der Waals surface area contributed by atoms with Crippen molar-refractivity contribution in [2.75, 3.05) is 16.8 Å². The summed E-state index contributed by atoms with van der Waals surface area (Å²) in [5.41, 5.74) is -1.74. The van der Waals surface area contributed by atoms with Crippen LogP contribution in [0.4, 0.5) is 19.0 Å². The molecule has 8 nitrogen and oxygen atoms in total. The minimum Gasteiger partial charge on any atom is -0.363 e. The molecule has 0 amide bonds. The fraction of sp³-hybridized carbons (Fsp3) is 0.576. The van der Waals surface area contributed by atoms with Crippen molar-refractivity contribution >= 4 is 26.7 Å². The summed E-state index contributed by atoms with van der Waals surface area (Å²) in [6.07, 6.45) is 6.52. The van der Waals surface area contributed by atoms with E-state index in [9.17, 15) is 18.5 Å². The summed E-state index contributed by atoms with van der Waals surface area (Å²) in [7, 11) is -3.32. The first kappa shape index (κ1) is 31.5. The molecule has 8 bridgehead atoms. The second-order valence-corrected chi connectivity index (χ2v) is 15.5. The molecule has 0 unspecified atom stereocenters. The van der Waals surface area contributed by atoms with Crippen molar-refractivity contribution in [1.82, 2.24) is 14.5 Å². The summed E-state index contributed by atoms with van der Waals surface area (Å²) < 4.78 is 72.6. The first-order valence-electron chi connectivity index (χ1n) is 15.9. The van der Waals surface area contributed by atoms with Crippen LogP contribution in [0.2, 0.25) is 0 Å². The maximum Gasteiger partial charge on any atom is 0.276 e. The van der Waals surface area contributed by atoms with Crippen molar-refractivity contribution in [3.63, 3.8) is 0 Å². The molecule has 4 aliphatic rings. The number of aryl methyl sites for hydroxylation is 1. The zero-order valence-corrected chi connectivity index (χ0v) is 26.2. The van der Waals surface area contributed by atoms with Gasteiger partial charge in [0.25, 0.3) is 11.5 Å². The van der Waals surface area contributed by atoms with E-state index < -0.39 is 45.0 Å². The van der Waals surface area contributed by atoms with E-state index in [1.807, 2.05) is 0 Å². The number of nitriles is 1. The van der Waals surface area contributed by atoms with Crippen LogP contribution >= 0.6 is 0 Å². The van der Waals surface area contributed by atoms with Gasteiger partial charge in [-0.25, -0.2) is 31.6 Å². The number of alkyl halides is 2. The zero-order valence-electron chi connectivity index (χ0n) is 25.4. The van der Waals surface area contributed by atoms with Crippen molar-refractivity contribution in [3.05, 3.63) is 63.5 Å². The summed E-state index contributed by atoms with van der Waals surface area (Å²) in [5, 5.41) is 13.9. The quantitative estimate of drug-likeness (QED) is 0.320. The lowest BCUT2D eigenvalue weighted by Gasteiger charge is -2.36. The Balaban J connectivity index is 1.46. The first-order chi connectivity index (χ1) is 21.4. The predicted molar refractivity (Wildman–Crippen MR) is 165 cm³/mol. The van der Waals surface area contributed by atoms with Crippen LogP contribution in [0.1, 0.15) is 93.9 Å². The average Bonchev–Trinajstić information content (AvgIpc) is 2.98. The molecule has 0 spiro atoms. The van der Waals surface area contributed by atoms with Crippen LogP contribution in [0, 0.1) is 29.0 Å². The molecule has 0 radical (unpaired) electrons. The molecular weight excluding hydrogens is 603 g/mol. The molecule has 3 aromatic rings.